The van der Waals surface area contributed by atoms with Gasteiger partial charge in [0.1, 0.15) is 0 Å². The molecule has 1 atom stereocenters. The van der Waals surface area contributed by atoms with Crippen molar-refractivity contribution in [1.82, 2.24) is 4.98 Å². The van der Waals surface area contributed by atoms with Gasteiger partial charge >= 0.3 is 12.1 Å². The van der Waals surface area contributed by atoms with Crippen molar-refractivity contribution in [3.8, 4) is 0 Å². The third-order valence-electron chi connectivity index (χ3n) is 2.12. The summed E-state index contributed by atoms with van der Waals surface area (Å²) >= 11 is 0. The topological polar surface area (TPSA) is 48.4 Å². The zero-order chi connectivity index (χ0) is 13.8. The highest BCUT2D eigenvalue weighted by molar-refractivity contribution is 5.89. The Labute approximate surface area is 102 Å². The normalized spacial score (nSPS) is 13.2. The van der Waals surface area contributed by atoms with Crippen LogP contribution in [0, 0.1) is 0 Å². The molecular weight excluding hydrogens is 251 g/mol. The first-order valence-electron chi connectivity index (χ1n) is 5.13. The van der Waals surface area contributed by atoms with Crippen LogP contribution in [0.15, 0.2) is 18.3 Å². The maximum atomic E-state index is 12.7. The van der Waals surface area contributed by atoms with Gasteiger partial charge in [-0.15, -0.1) is 0 Å². The molecule has 0 saturated carbocycles. The predicted octanol–water partition coefficient (Wildman–Crippen LogP) is 2.51. The van der Waals surface area contributed by atoms with E-state index in [2.05, 4.69) is 14.5 Å². The van der Waals surface area contributed by atoms with Crippen molar-refractivity contribution < 1.29 is 27.4 Å². The van der Waals surface area contributed by atoms with E-state index in [9.17, 15) is 18.0 Å². The Morgan fingerprint density at radius 1 is 1.50 bits per heavy atom. The molecule has 1 heterocycles. The minimum atomic E-state index is -4.63. The number of rotatable bonds is 4. The first-order chi connectivity index (χ1) is 8.41. The lowest BCUT2D eigenvalue weighted by molar-refractivity contribution is -0.216. The standard InChI is InChI=1S/C11H12F3NO3/c1-3-18-10(16)8-7(5-4-6-15-8)9(17-2)11(12,13)14/h4-6,9H,3H2,1-2H3. The SMILES string of the molecule is CCOC(=O)c1ncccc1C(OC)C(F)(F)F. The Morgan fingerprint density at radius 3 is 2.67 bits per heavy atom. The molecule has 0 fully saturated rings. The summed E-state index contributed by atoms with van der Waals surface area (Å²) in [4.78, 5) is 15.1. The van der Waals surface area contributed by atoms with Crippen LogP contribution in [0.2, 0.25) is 0 Å². The lowest BCUT2D eigenvalue weighted by Gasteiger charge is -2.20. The molecule has 18 heavy (non-hydrogen) atoms. The summed E-state index contributed by atoms with van der Waals surface area (Å²) < 4.78 is 47.2. The number of carbonyl (C=O) groups excluding carboxylic acids is 1. The van der Waals surface area contributed by atoms with Gasteiger partial charge in [-0.2, -0.15) is 13.2 Å². The van der Waals surface area contributed by atoms with E-state index in [1.54, 1.807) is 6.92 Å². The number of nitrogens with zero attached hydrogens (tertiary/aromatic N) is 1. The van der Waals surface area contributed by atoms with Gasteiger partial charge in [0, 0.05) is 18.9 Å². The van der Waals surface area contributed by atoms with Crippen LogP contribution >= 0.6 is 0 Å². The maximum absolute atomic E-state index is 12.7. The number of alkyl halides is 3. The van der Waals surface area contributed by atoms with Crippen molar-refractivity contribution in [3.63, 3.8) is 0 Å². The third-order valence-corrected chi connectivity index (χ3v) is 2.12. The van der Waals surface area contributed by atoms with Gasteiger partial charge in [0.25, 0.3) is 0 Å². The van der Waals surface area contributed by atoms with Gasteiger partial charge in [-0.1, -0.05) is 6.07 Å². The summed E-state index contributed by atoms with van der Waals surface area (Å²) in [7, 11) is 0.917. The second-order valence-electron chi connectivity index (χ2n) is 3.32. The van der Waals surface area contributed by atoms with E-state index in [1.165, 1.54) is 12.3 Å². The molecule has 0 amide bonds. The zero-order valence-electron chi connectivity index (χ0n) is 9.82. The highest BCUT2D eigenvalue weighted by Gasteiger charge is 2.43. The van der Waals surface area contributed by atoms with Gasteiger partial charge in [0.2, 0.25) is 0 Å². The van der Waals surface area contributed by atoms with Crippen LogP contribution < -0.4 is 0 Å². The van der Waals surface area contributed by atoms with Gasteiger partial charge in [-0.25, -0.2) is 9.78 Å². The molecule has 1 unspecified atom stereocenters. The van der Waals surface area contributed by atoms with Gasteiger partial charge in [-0.3, -0.25) is 0 Å². The molecule has 0 aliphatic heterocycles. The van der Waals surface area contributed by atoms with E-state index in [-0.39, 0.29) is 17.9 Å². The van der Waals surface area contributed by atoms with Crippen LogP contribution in [0.4, 0.5) is 13.2 Å². The Bertz CT molecular complexity index is 420. The Hall–Kier alpha value is -1.63. The maximum Gasteiger partial charge on any atom is 0.418 e. The number of methoxy groups -OCH3 is 1. The number of esters is 1. The van der Waals surface area contributed by atoms with Crippen LogP contribution in [-0.2, 0) is 9.47 Å². The number of pyridine rings is 1. The summed E-state index contributed by atoms with van der Waals surface area (Å²) in [6.45, 7) is 1.61. The zero-order valence-corrected chi connectivity index (χ0v) is 9.82. The van der Waals surface area contributed by atoms with Crippen LogP contribution in [0.25, 0.3) is 0 Å². The number of hydrogen-bond donors (Lipinski definition) is 0. The fourth-order valence-corrected chi connectivity index (χ4v) is 1.44. The minimum Gasteiger partial charge on any atom is -0.461 e. The minimum absolute atomic E-state index is 0.0541. The Morgan fingerprint density at radius 2 is 2.17 bits per heavy atom. The molecule has 7 heteroatoms. The Balaban J connectivity index is 3.19. The fourth-order valence-electron chi connectivity index (χ4n) is 1.44. The average molecular weight is 263 g/mol. The molecule has 0 aliphatic rings. The summed E-state index contributed by atoms with van der Waals surface area (Å²) in [5.74, 6) is -0.903. The summed E-state index contributed by atoms with van der Waals surface area (Å²) in [6, 6.07) is 2.44. The number of hydrogen-bond acceptors (Lipinski definition) is 4. The number of carbonyl (C=O) groups is 1. The van der Waals surface area contributed by atoms with Crippen molar-refractivity contribution >= 4 is 5.97 Å². The molecule has 1 aromatic heterocycles. The van der Waals surface area contributed by atoms with Crippen molar-refractivity contribution in [2.45, 2.75) is 19.2 Å². The van der Waals surface area contributed by atoms with Crippen molar-refractivity contribution in [2.24, 2.45) is 0 Å². The average Bonchev–Trinajstić information content (AvgIpc) is 2.29. The van der Waals surface area contributed by atoms with Crippen molar-refractivity contribution in [3.05, 3.63) is 29.6 Å². The van der Waals surface area contributed by atoms with E-state index in [4.69, 9.17) is 0 Å². The van der Waals surface area contributed by atoms with Crippen LogP contribution in [-0.4, -0.2) is 30.8 Å². The van der Waals surface area contributed by atoms with Crippen molar-refractivity contribution in [1.29, 1.82) is 0 Å². The largest absolute Gasteiger partial charge is 0.461 e. The van der Waals surface area contributed by atoms with E-state index >= 15 is 0 Å². The number of ether oxygens (including phenoxy) is 2. The van der Waals surface area contributed by atoms with Crippen LogP contribution in [0.3, 0.4) is 0 Å². The molecule has 0 N–H and O–H groups in total. The second kappa shape index (κ2) is 5.81. The third kappa shape index (κ3) is 3.19. The molecule has 1 rings (SSSR count). The smallest absolute Gasteiger partial charge is 0.418 e. The van der Waals surface area contributed by atoms with E-state index in [0.29, 0.717) is 0 Å². The quantitative estimate of drug-likeness (QED) is 0.783. The summed E-state index contributed by atoms with van der Waals surface area (Å²) in [6.07, 6.45) is -5.61. The van der Waals surface area contributed by atoms with Crippen LogP contribution in [0.5, 0.6) is 0 Å². The molecule has 4 nitrogen and oxygen atoms in total. The monoisotopic (exact) mass is 263 g/mol. The van der Waals surface area contributed by atoms with Gasteiger partial charge < -0.3 is 9.47 Å². The predicted molar refractivity (Wildman–Crippen MR) is 56.0 cm³/mol. The molecule has 100 valence electrons. The second-order valence-corrected chi connectivity index (χ2v) is 3.32. The van der Waals surface area contributed by atoms with Gasteiger partial charge in [-0.05, 0) is 13.0 Å². The molecule has 0 saturated heterocycles. The molecule has 0 aliphatic carbocycles. The molecule has 0 radical (unpaired) electrons. The molecule has 0 aromatic carbocycles. The fraction of sp³-hybridized carbons (Fsp3) is 0.455. The lowest BCUT2D eigenvalue weighted by Crippen LogP contribution is -2.25. The van der Waals surface area contributed by atoms with Gasteiger partial charge in [0.15, 0.2) is 11.8 Å². The van der Waals surface area contributed by atoms with E-state index < -0.39 is 18.2 Å². The Kier molecular flexibility index (Phi) is 4.66. The number of aromatic nitrogens is 1. The summed E-state index contributed by atoms with van der Waals surface area (Å²) in [5.41, 5.74) is -0.741. The van der Waals surface area contributed by atoms with Gasteiger partial charge in [0.05, 0.1) is 6.61 Å². The molecule has 0 bridgehead atoms. The highest BCUT2D eigenvalue weighted by Crippen LogP contribution is 2.36. The first kappa shape index (κ1) is 14.4. The molecule has 1 aromatic rings. The van der Waals surface area contributed by atoms with E-state index in [0.717, 1.165) is 13.2 Å². The first-order valence-corrected chi connectivity index (χ1v) is 5.13. The molecular formula is C11H12F3NO3. The van der Waals surface area contributed by atoms with Crippen LogP contribution in [0.1, 0.15) is 29.1 Å². The van der Waals surface area contributed by atoms with Crippen molar-refractivity contribution in [2.75, 3.05) is 13.7 Å². The molecule has 0 spiro atoms. The van der Waals surface area contributed by atoms with E-state index in [1.807, 2.05) is 0 Å². The highest BCUT2D eigenvalue weighted by atomic mass is 19.4. The number of halogens is 3. The summed E-state index contributed by atoms with van der Waals surface area (Å²) in [5, 5.41) is 0. The lowest BCUT2D eigenvalue weighted by atomic mass is 10.1.